The molecule has 2 aliphatic rings. The quantitative estimate of drug-likeness (QED) is 0.180. The highest BCUT2D eigenvalue weighted by molar-refractivity contribution is 7.27. The molecule has 1 aliphatic heterocycles. The molecule has 8 aromatic carbocycles. The summed E-state index contributed by atoms with van der Waals surface area (Å²) < 4.78 is 11.8. The van der Waals surface area contributed by atoms with Crippen molar-refractivity contribution in [2.75, 3.05) is 5.32 Å². The Bertz CT molecular complexity index is 3830. The number of hydrogen-bond donors (Lipinski definition) is 1. The van der Waals surface area contributed by atoms with Crippen LogP contribution in [0.4, 0.5) is 11.4 Å². The van der Waals surface area contributed by atoms with E-state index < -0.39 is 0 Å². The fraction of sp³-hybridized carbons (Fsp3) is 0.186. The van der Waals surface area contributed by atoms with E-state index in [0.717, 1.165) is 39.0 Å². The van der Waals surface area contributed by atoms with Crippen LogP contribution in [0.1, 0.15) is 77.6 Å². The molecule has 0 saturated carbocycles. The third-order valence-electron chi connectivity index (χ3n) is 14.5. The van der Waals surface area contributed by atoms with E-state index >= 15 is 0 Å². The number of nitrogens with one attached hydrogen (secondary N) is 1. The van der Waals surface area contributed by atoms with Crippen molar-refractivity contribution in [2.45, 2.75) is 71.6 Å². The van der Waals surface area contributed by atoms with Crippen LogP contribution in [0.2, 0.25) is 0 Å². The van der Waals surface area contributed by atoms with Gasteiger partial charge in [-0.25, -0.2) is 0 Å². The van der Waals surface area contributed by atoms with Gasteiger partial charge in [0.05, 0.1) is 11.0 Å². The summed E-state index contributed by atoms with van der Waals surface area (Å²) in [6, 6.07) is 52.5. The summed E-state index contributed by atoms with van der Waals surface area (Å²) in [4.78, 5) is 0. The SMILES string of the molecule is CC(C)(C)c1ccc(Nc2cc3c(cc2-c2c4c5c(c6cc(C(C)(C)C)ccc6n5-c5cc6oc7ccccc7c6cc5[B]4)c4sc5ccccc5c24)-c2ccccc2C3(C)C)cc1. The monoisotopic (exact) mass is 843 g/mol. The van der Waals surface area contributed by atoms with Gasteiger partial charge in [-0.15, -0.1) is 11.3 Å². The Hall–Kier alpha value is -6.56. The number of furan rings is 1. The Morgan fingerprint density at radius 1 is 0.594 bits per heavy atom. The standard InChI is InChI=1S/C59H48BN2OS/c1-57(2,3)32-21-24-34(25-22-32)61-45-30-43-38(35-15-9-12-18-42(35)59(43,7)8)28-40(45)51-52-37-17-11-14-20-50(37)64-56(52)53-41-27-33(58(4,5)6)23-26-46(41)62-47-31-49-39(29-44(47)60-54(51)55(53)62)36-16-10-13-19-48(36)63-49/h9-31,61H,1-8H3. The lowest BCUT2D eigenvalue weighted by Gasteiger charge is -2.27. The van der Waals surface area contributed by atoms with Crippen LogP contribution in [-0.2, 0) is 16.2 Å². The molecule has 0 amide bonds. The Kier molecular flexibility index (Phi) is 7.59. The normalized spacial score (nSPS) is 14.2. The molecule has 0 atom stereocenters. The maximum Gasteiger partial charge on any atom is 0.197 e. The number of fused-ring (bicyclic) bond motifs is 15. The van der Waals surface area contributed by atoms with Gasteiger partial charge in [-0.05, 0) is 104 Å². The number of thiophene rings is 1. The zero-order chi connectivity index (χ0) is 43.6. The molecular formula is C59H48BN2OS. The first-order valence-electron chi connectivity index (χ1n) is 22.7. The second kappa shape index (κ2) is 12.8. The Morgan fingerprint density at radius 3 is 2.11 bits per heavy atom. The second-order valence-electron chi connectivity index (χ2n) is 20.8. The molecule has 64 heavy (non-hydrogen) atoms. The molecule has 3 aromatic heterocycles. The number of benzene rings is 8. The molecule has 309 valence electrons. The van der Waals surface area contributed by atoms with Crippen LogP contribution < -0.4 is 16.2 Å². The number of para-hydroxylation sites is 1. The molecular weight excluding hydrogens is 796 g/mol. The first-order valence-corrected chi connectivity index (χ1v) is 23.5. The topological polar surface area (TPSA) is 30.1 Å². The molecule has 1 N–H and O–H groups in total. The third-order valence-corrected chi connectivity index (χ3v) is 15.7. The van der Waals surface area contributed by atoms with Crippen molar-refractivity contribution >= 4 is 105 Å². The van der Waals surface area contributed by atoms with E-state index in [-0.39, 0.29) is 16.2 Å². The zero-order valence-corrected chi connectivity index (χ0v) is 38.4. The molecule has 3 nitrogen and oxygen atoms in total. The molecule has 4 heterocycles. The highest BCUT2D eigenvalue weighted by Crippen LogP contribution is 2.54. The van der Waals surface area contributed by atoms with Crippen LogP contribution in [-0.4, -0.2) is 11.8 Å². The van der Waals surface area contributed by atoms with Gasteiger partial charge in [-0.3, -0.25) is 0 Å². The van der Waals surface area contributed by atoms with Crippen molar-refractivity contribution in [1.82, 2.24) is 4.57 Å². The van der Waals surface area contributed by atoms with E-state index in [1.807, 2.05) is 11.3 Å². The summed E-state index contributed by atoms with van der Waals surface area (Å²) in [7, 11) is 2.50. The smallest absolute Gasteiger partial charge is 0.197 e. The van der Waals surface area contributed by atoms with Gasteiger partial charge in [0.2, 0.25) is 0 Å². The summed E-state index contributed by atoms with van der Waals surface area (Å²) in [5.41, 5.74) is 20.4. The molecule has 13 rings (SSSR count). The number of hydrogen-bond acceptors (Lipinski definition) is 3. The second-order valence-corrected chi connectivity index (χ2v) is 21.9. The van der Waals surface area contributed by atoms with Crippen LogP contribution in [0.25, 0.3) is 91.9 Å². The van der Waals surface area contributed by atoms with Crippen molar-refractivity contribution in [3.05, 3.63) is 162 Å². The molecule has 1 radical (unpaired) electrons. The maximum atomic E-state index is 6.61. The van der Waals surface area contributed by atoms with Crippen molar-refractivity contribution in [3.8, 4) is 27.9 Å². The van der Waals surface area contributed by atoms with Gasteiger partial charge in [0.15, 0.2) is 7.28 Å². The molecule has 1 aliphatic carbocycles. The molecule has 0 spiro atoms. The van der Waals surface area contributed by atoms with E-state index in [9.17, 15) is 0 Å². The Balaban J connectivity index is 1.20. The molecule has 0 bridgehead atoms. The van der Waals surface area contributed by atoms with Crippen LogP contribution in [0.5, 0.6) is 0 Å². The number of aromatic nitrogens is 1. The highest BCUT2D eigenvalue weighted by atomic mass is 32.1. The molecule has 0 unspecified atom stereocenters. The summed E-state index contributed by atoms with van der Waals surface area (Å²) >= 11 is 1.93. The van der Waals surface area contributed by atoms with E-state index in [4.69, 9.17) is 4.42 Å². The minimum Gasteiger partial charge on any atom is -0.456 e. The Morgan fingerprint density at radius 2 is 1.31 bits per heavy atom. The van der Waals surface area contributed by atoms with Gasteiger partial charge in [-0.1, -0.05) is 146 Å². The number of anilines is 2. The van der Waals surface area contributed by atoms with Crippen molar-refractivity contribution in [3.63, 3.8) is 0 Å². The summed E-state index contributed by atoms with van der Waals surface area (Å²) in [6.45, 7) is 18.6. The number of rotatable bonds is 3. The minimum absolute atomic E-state index is 0.0184. The molecule has 0 fully saturated rings. The fourth-order valence-electron chi connectivity index (χ4n) is 11.1. The Labute approximate surface area is 378 Å². The largest absolute Gasteiger partial charge is 0.456 e. The maximum absolute atomic E-state index is 6.61. The minimum atomic E-state index is -0.166. The first kappa shape index (κ1) is 38.0. The van der Waals surface area contributed by atoms with E-state index in [2.05, 4.69) is 212 Å². The average Bonchev–Trinajstić information content (AvgIpc) is 4.00. The van der Waals surface area contributed by atoms with Gasteiger partial charge < -0.3 is 14.3 Å². The van der Waals surface area contributed by atoms with Crippen LogP contribution in [0.3, 0.4) is 0 Å². The van der Waals surface area contributed by atoms with Gasteiger partial charge in [0.1, 0.15) is 11.2 Å². The van der Waals surface area contributed by atoms with Crippen LogP contribution in [0, 0.1) is 0 Å². The van der Waals surface area contributed by atoms with Gasteiger partial charge >= 0.3 is 0 Å². The predicted molar refractivity (Wildman–Crippen MR) is 276 cm³/mol. The fourth-order valence-corrected chi connectivity index (χ4v) is 12.4. The van der Waals surface area contributed by atoms with Crippen molar-refractivity contribution in [2.24, 2.45) is 0 Å². The first-order chi connectivity index (χ1) is 30.7. The lowest BCUT2D eigenvalue weighted by Crippen LogP contribution is -2.37. The molecule has 0 saturated heterocycles. The van der Waals surface area contributed by atoms with Crippen molar-refractivity contribution in [1.29, 1.82) is 0 Å². The molecule has 11 aromatic rings. The third kappa shape index (κ3) is 5.22. The number of nitrogens with zero attached hydrogens (tertiary/aromatic N) is 1. The van der Waals surface area contributed by atoms with Crippen LogP contribution in [0.15, 0.2) is 144 Å². The highest BCUT2D eigenvalue weighted by Gasteiger charge is 2.38. The summed E-state index contributed by atoms with van der Waals surface area (Å²) in [5.74, 6) is 0. The van der Waals surface area contributed by atoms with Gasteiger partial charge in [0.25, 0.3) is 0 Å². The summed E-state index contributed by atoms with van der Waals surface area (Å²) in [5, 5.41) is 11.6. The lowest BCUT2D eigenvalue weighted by atomic mass is 9.58. The zero-order valence-electron chi connectivity index (χ0n) is 37.6. The van der Waals surface area contributed by atoms with Crippen molar-refractivity contribution < 1.29 is 4.42 Å². The van der Waals surface area contributed by atoms with Gasteiger partial charge in [0, 0.05) is 75.8 Å². The van der Waals surface area contributed by atoms with E-state index in [1.54, 1.807) is 0 Å². The van der Waals surface area contributed by atoms with E-state index in [0.29, 0.717) is 0 Å². The van der Waals surface area contributed by atoms with Crippen LogP contribution >= 0.6 is 11.3 Å². The average molecular weight is 844 g/mol. The summed E-state index contributed by atoms with van der Waals surface area (Å²) in [6.07, 6.45) is 0. The molecule has 5 heteroatoms. The predicted octanol–water partition coefficient (Wildman–Crippen LogP) is 15.3. The lowest BCUT2D eigenvalue weighted by molar-refractivity contribution is 0.590. The van der Waals surface area contributed by atoms with Gasteiger partial charge in [-0.2, -0.15) is 0 Å². The van der Waals surface area contributed by atoms with E-state index in [1.165, 1.54) is 97.4 Å².